The van der Waals surface area contributed by atoms with Crippen molar-refractivity contribution in [2.75, 3.05) is 17.3 Å². The Morgan fingerprint density at radius 1 is 0.907 bits per heavy atom. The molecular weight excluding hydrogens is 583 g/mol. The Morgan fingerprint density at radius 2 is 1.58 bits per heavy atom. The van der Waals surface area contributed by atoms with E-state index in [4.69, 9.17) is 4.74 Å². The lowest BCUT2D eigenvalue weighted by Gasteiger charge is -2.31. The summed E-state index contributed by atoms with van der Waals surface area (Å²) in [5, 5.41) is 2.63. The number of rotatable bonds is 6. The number of para-hydroxylation sites is 1. The standard InChI is InChI=1S/C33H31N3O5S2/c1-33(2,3)20-12-10-19(11-13-20)25-26-27(30(39)36(29(26)38)22-14-16-23(41-4)17-15-22)42-31-28(25)43-32(40)35(31)18-24(37)34-21-8-6-5-7-9-21/h5-17,25-27H,18H2,1-4H3,(H,34,37)/t25-,26?,27?/m1/s1. The van der Waals surface area contributed by atoms with Crippen molar-refractivity contribution in [3.05, 3.63) is 105 Å². The third kappa shape index (κ3) is 5.29. The maximum atomic E-state index is 14.1. The molecule has 0 saturated carbocycles. The predicted octanol–water partition coefficient (Wildman–Crippen LogP) is 5.65. The van der Waals surface area contributed by atoms with Crippen molar-refractivity contribution in [2.45, 2.75) is 48.9 Å². The average molecular weight is 614 g/mol. The van der Waals surface area contributed by atoms with Crippen molar-refractivity contribution in [3.63, 3.8) is 0 Å². The van der Waals surface area contributed by atoms with Crippen LogP contribution in [0.4, 0.5) is 11.4 Å². The summed E-state index contributed by atoms with van der Waals surface area (Å²) >= 11 is 2.24. The molecule has 2 aliphatic heterocycles. The fraction of sp³-hybridized carbons (Fsp3) is 0.273. The summed E-state index contributed by atoms with van der Waals surface area (Å²) in [5.74, 6) is -1.62. The molecule has 1 N–H and O–H groups in total. The third-order valence-corrected chi connectivity index (χ3v) is 10.5. The number of thioether (sulfide) groups is 1. The molecule has 6 rings (SSSR count). The number of methoxy groups -OCH3 is 1. The zero-order valence-corrected chi connectivity index (χ0v) is 25.8. The summed E-state index contributed by atoms with van der Waals surface area (Å²) in [7, 11) is 1.56. The fourth-order valence-corrected chi connectivity index (χ4v) is 8.43. The number of hydrogen-bond acceptors (Lipinski definition) is 7. The number of carbonyl (C=O) groups excluding carboxylic acids is 3. The summed E-state index contributed by atoms with van der Waals surface area (Å²) in [6.45, 7) is 6.19. The van der Waals surface area contributed by atoms with Crippen molar-refractivity contribution in [1.82, 2.24) is 4.57 Å². The van der Waals surface area contributed by atoms with E-state index in [-0.39, 0.29) is 34.6 Å². The Labute approximate surface area is 257 Å². The van der Waals surface area contributed by atoms with Crippen LogP contribution in [0.25, 0.3) is 0 Å². The van der Waals surface area contributed by atoms with Gasteiger partial charge < -0.3 is 10.1 Å². The van der Waals surface area contributed by atoms with E-state index in [1.165, 1.54) is 21.2 Å². The Bertz CT molecular complexity index is 1760. The van der Waals surface area contributed by atoms with E-state index < -0.39 is 17.1 Å². The molecule has 220 valence electrons. The van der Waals surface area contributed by atoms with Gasteiger partial charge >= 0.3 is 4.87 Å². The molecule has 2 unspecified atom stereocenters. The maximum absolute atomic E-state index is 14.1. The fourth-order valence-electron chi connectivity index (χ4n) is 5.66. The zero-order valence-electron chi connectivity index (χ0n) is 24.2. The minimum Gasteiger partial charge on any atom is -0.497 e. The van der Waals surface area contributed by atoms with Gasteiger partial charge in [-0.05, 0) is 52.9 Å². The smallest absolute Gasteiger partial charge is 0.308 e. The van der Waals surface area contributed by atoms with E-state index >= 15 is 0 Å². The second-order valence-corrected chi connectivity index (χ2v) is 13.8. The summed E-state index contributed by atoms with van der Waals surface area (Å²) in [6.07, 6.45) is 0. The van der Waals surface area contributed by atoms with E-state index in [0.29, 0.717) is 27.0 Å². The van der Waals surface area contributed by atoms with E-state index in [1.54, 1.807) is 43.5 Å². The number of fused-ring (bicyclic) bond motifs is 2. The van der Waals surface area contributed by atoms with Gasteiger partial charge in [-0.15, -0.1) is 0 Å². The highest BCUT2D eigenvalue weighted by Gasteiger charge is 2.56. The molecule has 43 heavy (non-hydrogen) atoms. The molecule has 3 aromatic carbocycles. The Morgan fingerprint density at radius 3 is 2.21 bits per heavy atom. The van der Waals surface area contributed by atoms with E-state index in [0.717, 1.165) is 22.5 Å². The lowest BCUT2D eigenvalue weighted by atomic mass is 9.81. The highest BCUT2D eigenvalue weighted by atomic mass is 32.2. The van der Waals surface area contributed by atoms with Gasteiger partial charge in [0.15, 0.2) is 0 Å². The van der Waals surface area contributed by atoms with E-state index in [2.05, 4.69) is 26.1 Å². The quantitative estimate of drug-likeness (QED) is 0.282. The topological polar surface area (TPSA) is 97.7 Å². The summed E-state index contributed by atoms with van der Waals surface area (Å²) in [5.41, 5.74) is 3.01. The van der Waals surface area contributed by atoms with Gasteiger partial charge in [0.05, 0.1) is 23.7 Å². The minimum absolute atomic E-state index is 0.0702. The van der Waals surface area contributed by atoms with Crippen molar-refractivity contribution in [1.29, 1.82) is 0 Å². The number of hydrogen-bond donors (Lipinski definition) is 1. The van der Waals surface area contributed by atoms with Crippen molar-refractivity contribution < 1.29 is 19.1 Å². The van der Waals surface area contributed by atoms with Gasteiger partial charge in [0.1, 0.15) is 17.5 Å². The molecule has 1 saturated heterocycles. The van der Waals surface area contributed by atoms with Crippen LogP contribution in [0.5, 0.6) is 5.75 Å². The van der Waals surface area contributed by atoms with Crippen LogP contribution in [0.3, 0.4) is 0 Å². The van der Waals surface area contributed by atoms with Gasteiger partial charge in [-0.3, -0.25) is 23.7 Å². The third-order valence-electron chi connectivity index (χ3n) is 7.87. The Balaban J connectivity index is 1.42. The highest BCUT2D eigenvalue weighted by molar-refractivity contribution is 8.00. The Hall–Kier alpha value is -4.15. The molecule has 4 aromatic rings. The number of thiazole rings is 1. The maximum Gasteiger partial charge on any atom is 0.308 e. The van der Waals surface area contributed by atoms with Gasteiger partial charge in [0, 0.05) is 16.5 Å². The van der Waals surface area contributed by atoms with Crippen LogP contribution in [-0.4, -0.2) is 34.6 Å². The van der Waals surface area contributed by atoms with Crippen molar-refractivity contribution in [3.8, 4) is 5.75 Å². The Kier molecular flexibility index (Phi) is 7.52. The number of carbonyl (C=O) groups is 3. The molecule has 1 aromatic heterocycles. The molecule has 0 radical (unpaired) electrons. The monoisotopic (exact) mass is 613 g/mol. The lowest BCUT2D eigenvalue weighted by molar-refractivity contribution is -0.122. The normalized spacial score (nSPS) is 19.6. The molecule has 3 heterocycles. The second-order valence-electron chi connectivity index (χ2n) is 11.7. The molecule has 0 bridgehead atoms. The first-order valence-electron chi connectivity index (χ1n) is 13.9. The van der Waals surface area contributed by atoms with E-state index in [1.807, 2.05) is 42.5 Å². The van der Waals surface area contributed by atoms with Gasteiger partial charge in [0.2, 0.25) is 17.7 Å². The molecule has 8 nitrogen and oxygen atoms in total. The first kappa shape index (κ1) is 28.9. The van der Waals surface area contributed by atoms with Crippen LogP contribution < -0.4 is 19.8 Å². The largest absolute Gasteiger partial charge is 0.497 e. The molecule has 1 fully saturated rings. The van der Waals surface area contributed by atoms with Crippen LogP contribution in [-0.2, 0) is 26.3 Å². The molecular formula is C33H31N3O5S2. The summed E-state index contributed by atoms with van der Waals surface area (Å²) in [6, 6.07) is 23.9. The molecule has 0 spiro atoms. The van der Waals surface area contributed by atoms with Gasteiger partial charge in [0.25, 0.3) is 0 Å². The predicted molar refractivity (Wildman–Crippen MR) is 169 cm³/mol. The van der Waals surface area contributed by atoms with Gasteiger partial charge in [-0.1, -0.05) is 86.3 Å². The molecule has 10 heteroatoms. The number of benzene rings is 3. The van der Waals surface area contributed by atoms with Gasteiger partial charge in [-0.25, -0.2) is 4.90 Å². The molecule has 3 amide bonds. The second kappa shape index (κ2) is 11.2. The van der Waals surface area contributed by atoms with Crippen LogP contribution in [0.2, 0.25) is 0 Å². The lowest BCUT2D eigenvalue weighted by Crippen LogP contribution is -2.33. The first-order valence-corrected chi connectivity index (χ1v) is 15.6. The summed E-state index contributed by atoms with van der Waals surface area (Å²) in [4.78, 5) is 56.1. The van der Waals surface area contributed by atoms with Crippen LogP contribution in [0.1, 0.15) is 42.7 Å². The number of ether oxygens (including phenoxy) is 1. The number of amides is 3. The van der Waals surface area contributed by atoms with Crippen LogP contribution >= 0.6 is 23.1 Å². The van der Waals surface area contributed by atoms with E-state index in [9.17, 15) is 19.2 Å². The van der Waals surface area contributed by atoms with Crippen LogP contribution in [0, 0.1) is 5.92 Å². The number of nitrogens with one attached hydrogen (secondary N) is 1. The SMILES string of the molecule is COc1ccc(N2C(=O)C3Sc4c(sc(=O)n4CC(=O)Nc4ccccc4)[C@H](c4ccc(C(C)(C)C)cc4)C3C2=O)cc1. The summed E-state index contributed by atoms with van der Waals surface area (Å²) < 4.78 is 6.69. The number of nitrogens with zero attached hydrogens (tertiary/aromatic N) is 2. The minimum atomic E-state index is -0.758. The zero-order chi connectivity index (χ0) is 30.5. The van der Waals surface area contributed by atoms with Gasteiger partial charge in [-0.2, -0.15) is 0 Å². The van der Waals surface area contributed by atoms with Crippen molar-refractivity contribution in [2.24, 2.45) is 5.92 Å². The molecule has 0 aliphatic carbocycles. The molecule has 3 atom stereocenters. The highest BCUT2D eigenvalue weighted by Crippen LogP contribution is 2.54. The molecule has 2 aliphatic rings. The number of aromatic nitrogens is 1. The average Bonchev–Trinajstić information content (AvgIpc) is 3.43. The first-order chi connectivity index (χ1) is 20.6. The van der Waals surface area contributed by atoms with Crippen molar-refractivity contribution >= 4 is 52.2 Å². The number of imide groups is 1. The van der Waals surface area contributed by atoms with Crippen LogP contribution in [0.15, 0.2) is 88.7 Å². The number of anilines is 2.